The Balaban J connectivity index is 1.80. The predicted octanol–water partition coefficient (Wildman–Crippen LogP) is 6.55. The van der Waals surface area contributed by atoms with Gasteiger partial charge in [-0.1, -0.05) is 19.7 Å². The lowest BCUT2D eigenvalue weighted by Crippen LogP contribution is -2.10. The molecule has 3 aromatic rings. The Morgan fingerprint density at radius 1 is 0.632 bits per heavy atom. The van der Waals surface area contributed by atoms with Crippen molar-refractivity contribution in [3.8, 4) is 39.9 Å². The molecule has 3 rings (SSSR count). The molecule has 0 aliphatic heterocycles. The monoisotopic (exact) mass is 514 g/mol. The summed E-state index contributed by atoms with van der Waals surface area (Å²) in [4.78, 5) is 35.5. The lowest BCUT2D eigenvalue weighted by atomic mass is 10.1. The number of benzene rings is 2. The van der Waals surface area contributed by atoms with Crippen LogP contribution in [0.25, 0.3) is 22.6 Å². The minimum absolute atomic E-state index is 0.154. The quantitative estimate of drug-likeness (QED) is 0.130. The van der Waals surface area contributed by atoms with Crippen molar-refractivity contribution in [1.29, 1.82) is 0 Å². The maximum absolute atomic E-state index is 12.1. The third kappa shape index (κ3) is 7.44. The van der Waals surface area contributed by atoms with Crippen LogP contribution < -0.4 is 14.2 Å². The van der Waals surface area contributed by atoms with Crippen molar-refractivity contribution >= 4 is 17.9 Å². The highest BCUT2D eigenvalue weighted by molar-refractivity contribution is 5.90. The van der Waals surface area contributed by atoms with E-state index in [4.69, 9.17) is 23.4 Å². The van der Waals surface area contributed by atoms with Crippen LogP contribution in [0.2, 0.25) is 0 Å². The van der Waals surface area contributed by atoms with Gasteiger partial charge in [-0.25, -0.2) is 14.4 Å². The van der Waals surface area contributed by atoms with Crippen LogP contribution in [0.15, 0.2) is 108 Å². The van der Waals surface area contributed by atoms with Crippen LogP contribution in [0.3, 0.4) is 0 Å². The van der Waals surface area contributed by atoms with Crippen molar-refractivity contribution in [2.45, 2.75) is 20.8 Å². The van der Waals surface area contributed by atoms with Crippen molar-refractivity contribution in [2.75, 3.05) is 0 Å². The minimum Gasteiger partial charge on any atom is -0.462 e. The molecule has 38 heavy (non-hydrogen) atoms. The number of carbonyl (C=O) groups excluding carboxylic acids is 3. The molecular formula is C30H26O8. The van der Waals surface area contributed by atoms with E-state index in [1.54, 1.807) is 55.5 Å². The Morgan fingerprint density at radius 2 is 1.13 bits per heavy atom. The van der Waals surface area contributed by atoms with Gasteiger partial charge in [0.15, 0.2) is 0 Å². The summed E-state index contributed by atoms with van der Waals surface area (Å²) in [5.41, 5.74) is 1.99. The standard InChI is InChI=1S/C30H26O8/c1-18(2)28(31)35-14-13-34-23-9-7-21(8-10-23)26-11-12-27(38-26)22-15-24(36-29(32)19(3)4)17-25(16-22)37-30(33)20(5)6/h7-17H,1,3,5H2,2,4,6H3/b14-13-. The number of furan rings is 1. The third-order valence-electron chi connectivity index (χ3n) is 4.81. The number of rotatable bonds is 10. The predicted molar refractivity (Wildman–Crippen MR) is 141 cm³/mol. The van der Waals surface area contributed by atoms with E-state index in [0.29, 0.717) is 22.8 Å². The fourth-order valence-corrected chi connectivity index (χ4v) is 2.86. The molecule has 194 valence electrons. The van der Waals surface area contributed by atoms with Crippen LogP contribution in [-0.2, 0) is 19.1 Å². The van der Waals surface area contributed by atoms with Gasteiger partial charge in [0.2, 0.25) is 0 Å². The van der Waals surface area contributed by atoms with Crippen LogP contribution in [-0.4, -0.2) is 17.9 Å². The summed E-state index contributed by atoms with van der Waals surface area (Å²) < 4.78 is 26.9. The molecule has 0 amide bonds. The van der Waals surface area contributed by atoms with Gasteiger partial charge in [0.1, 0.15) is 41.3 Å². The zero-order chi connectivity index (χ0) is 27.8. The number of ether oxygens (including phenoxy) is 4. The van der Waals surface area contributed by atoms with E-state index in [2.05, 4.69) is 19.7 Å². The van der Waals surface area contributed by atoms with Gasteiger partial charge in [-0.3, -0.25) is 0 Å². The lowest BCUT2D eigenvalue weighted by Gasteiger charge is -2.10. The average molecular weight is 515 g/mol. The van der Waals surface area contributed by atoms with Gasteiger partial charge in [-0.15, -0.1) is 0 Å². The molecule has 0 aliphatic carbocycles. The van der Waals surface area contributed by atoms with Gasteiger partial charge in [-0.05, 0) is 69.3 Å². The van der Waals surface area contributed by atoms with Crippen LogP contribution in [0.4, 0.5) is 0 Å². The first-order chi connectivity index (χ1) is 18.0. The van der Waals surface area contributed by atoms with Gasteiger partial charge < -0.3 is 23.4 Å². The molecule has 0 saturated carbocycles. The van der Waals surface area contributed by atoms with E-state index >= 15 is 0 Å². The highest BCUT2D eigenvalue weighted by atomic mass is 16.6. The Morgan fingerprint density at radius 3 is 1.63 bits per heavy atom. The smallest absolute Gasteiger partial charge is 0.338 e. The van der Waals surface area contributed by atoms with Gasteiger partial charge >= 0.3 is 17.9 Å². The largest absolute Gasteiger partial charge is 0.462 e. The van der Waals surface area contributed by atoms with E-state index in [1.165, 1.54) is 26.2 Å². The van der Waals surface area contributed by atoms with Crippen molar-refractivity contribution < 1.29 is 37.7 Å². The van der Waals surface area contributed by atoms with Crippen molar-refractivity contribution in [1.82, 2.24) is 0 Å². The Labute approximate surface area is 220 Å². The van der Waals surface area contributed by atoms with Crippen LogP contribution in [0.1, 0.15) is 20.8 Å². The first-order valence-corrected chi connectivity index (χ1v) is 11.3. The van der Waals surface area contributed by atoms with Gasteiger partial charge in [0, 0.05) is 33.9 Å². The first-order valence-electron chi connectivity index (χ1n) is 11.3. The first kappa shape index (κ1) is 27.5. The maximum atomic E-state index is 12.1. The maximum Gasteiger partial charge on any atom is 0.338 e. The number of carbonyl (C=O) groups is 3. The second-order valence-electron chi connectivity index (χ2n) is 8.30. The van der Waals surface area contributed by atoms with Crippen LogP contribution in [0.5, 0.6) is 17.2 Å². The molecule has 0 aliphatic rings. The SMILES string of the molecule is C=C(C)C(=O)O/C=C\Oc1ccc(-c2ccc(-c3cc(OC(=O)C(=C)C)cc(OC(=O)C(=C)C)c3)o2)cc1. The van der Waals surface area contributed by atoms with Gasteiger partial charge in [0.05, 0.1) is 0 Å². The van der Waals surface area contributed by atoms with Crippen molar-refractivity contribution in [3.63, 3.8) is 0 Å². The molecule has 1 heterocycles. The van der Waals surface area contributed by atoms with Crippen molar-refractivity contribution in [2.24, 2.45) is 0 Å². The Kier molecular flexibility index (Phi) is 8.84. The summed E-state index contributed by atoms with van der Waals surface area (Å²) in [7, 11) is 0. The van der Waals surface area contributed by atoms with E-state index < -0.39 is 17.9 Å². The molecule has 8 nitrogen and oxygen atoms in total. The normalized spacial score (nSPS) is 10.5. The summed E-state index contributed by atoms with van der Waals surface area (Å²) in [6.07, 6.45) is 2.38. The number of hydrogen-bond donors (Lipinski definition) is 0. The zero-order valence-corrected chi connectivity index (χ0v) is 21.2. The third-order valence-corrected chi connectivity index (χ3v) is 4.81. The van der Waals surface area contributed by atoms with Gasteiger partial charge in [0.25, 0.3) is 0 Å². The van der Waals surface area contributed by atoms with Crippen LogP contribution >= 0.6 is 0 Å². The fourth-order valence-electron chi connectivity index (χ4n) is 2.86. The highest BCUT2D eigenvalue weighted by Gasteiger charge is 2.15. The summed E-state index contributed by atoms with van der Waals surface area (Å²) in [5, 5.41) is 0. The van der Waals surface area contributed by atoms with Gasteiger partial charge in [-0.2, -0.15) is 0 Å². The second kappa shape index (κ2) is 12.2. The number of hydrogen-bond acceptors (Lipinski definition) is 8. The molecule has 0 atom stereocenters. The Bertz CT molecular complexity index is 1390. The molecule has 2 aromatic carbocycles. The molecule has 0 radical (unpaired) electrons. The topological polar surface area (TPSA) is 101 Å². The molecule has 1 aromatic heterocycles. The zero-order valence-electron chi connectivity index (χ0n) is 21.2. The molecular weight excluding hydrogens is 488 g/mol. The fraction of sp³-hybridized carbons (Fsp3) is 0.100. The molecule has 0 saturated heterocycles. The van der Waals surface area contributed by atoms with E-state index in [0.717, 1.165) is 11.8 Å². The second-order valence-corrected chi connectivity index (χ2v) is 8.30. The molecule has 0 spiro atoms. The van der Waals surface area contributed by atoms with Crippen molar-refractivity contribution in [3.05, 3.63) is 104 Å². The summed E-state index contributed by atoms with van der Waals surface area (Å²) in [5.74, 6) is 0.0402. The lowest BCUT2D eigenvalue weighted by molar-refractivity contribution is -0.134. The highest BCUT2D eigenvalue weighted by Crippen LogP contribution is 2.34. The number of esters is 3. The Hall–Kier alpha value is -5.11. The van der Waals surface area contributed by atoms with E-state index in [9.17, 15) is 14.4 Å². The molecule has 0 unspecified atom stereocenters. The summed E-state index contributed by atoms with van der Waals surface area (Å²) in [6, 6.07) is 15.1. The molecule has 0 bridgehead atoms. The molecule has 8 heteroatoms. The average Bonchev–Trinajstić information content (AvgIpc) is 3.37. The van der Waals surface area contributed by atoms with E-state index in [-0.39, 0.29) is 28.2 Å². The minimum atomic E-state index is -0.620. The molecule has 0 fully saturated rings. The summed E-state index contributed by atoms with van der Waals surface area (Å²) in [6.45, 7) is 15.2. The molecule has 0 N–H and O–H groups in total. The van der Waals surface area contributed by atoms with E-state index in [1.807, 2.05) is 0 Å². The van der Waals surface area contributed by atoms with Crippen LogP contribution in [0, 0.1) is 0 Å². The summed E-state index contributed by atoms with van der Waals surface area (Å²) >= 11 is 0.